The molecular formula is C16H21N3OS. The summed E-state index contributed by atoms with van der Waals surface area (Å²) in [5.41, 5.74) is 1.23. The Bertz CT molecular complexity index is 526. The Balaban J connectivity index is 1.73. The number of ether oxygens (including phenoxy) is 1. The summed E-state index contributed by atoms with van der Waals surface area (Å²) < 4.78 is 5.64. The first-order chi connectivity index (χ1) is 10.4. The van der Waals surface area contributed by atoms with E-state index in [0.29, 0.717) is 19.7 Å². The minimum absolute atomic E-state index is 0.604. The quantitative estimate of drug-likeness (QED) is 0.470. The standard InChI is InChI=1S/C16H21N3OS/c1-2-17-16(19-12-14-8-11-21-13-14)18-9-10-20-15-6-4-3-5-7-15/h3-8,11,13H,2,9-10,12H2,1H3,(H2,17,18,19). The predicted molar refractivity (Wildman–Crippen MR) is 89.1 cm³/mol. The number of guanidine groups is 1. The summed E-state index contributed by atoms with van der Waals surface area (Å²) in [6.07, 6.45) is 0. The molecular weight excluding hydrogens is 282 g/mol. The van der Waals surface area contributed by atoms with Crippen molar-refractivity contribution in [2.75, 3.05) is 19.7 Å². The fourth-order valence-corrected chi connectivity index (χ4v) is 2.41. The lowest BCUT2D eigenvalue weighted by Crippen LogP contribution is -2.39. The van der Waals surface area contributed by atoms with E-state index in [9.17, 15) is 0 Å². The maximum Gasteiger partial charge on any atom is 0.191 e. The maximum absolute atomic E-state index is 5.64. The number of nitrogens with zero attached hydrogens (tertiary/aromatic N) is 1. The van der Waals surface area contributed by atoms with Crippen LogP contribution in [0.5, 0.6) is 5.75 Å². The van der Waals surface area contributed by atoms with E-state index < -0.39 is 0 Å². The highest BCUT2D eigenvalue weighted by atomic mass is 32.1. The number of para-hydroxylation sites is 1. The Morgan fingerprint density at radius 1 is 1.19 bits per heavy atom. The van der Waals surface area contributed by atoms with Crippen LogP contribution in [0.3, 0.4) is 0 Å². The average molecular weight is 303 g/mol. The minimum Gasteiger partial charge on any atom is -0.492 e. The van der Waals surface area contributed by atoms with Gasteiger partial charge in [-0.3, -0.25) is 0 Å². The number of benzene rings is 1. The van der Waals surface area contributed by atoms with Crippen molar-refractivity contribution in [3.05, 3.63) is 52.7 Å². The zero-order valence-corrected chi connectivity index (χ0v) is 13.0. The van der Waals surface area contributed by atoms with Crippen molar-refractivity contribution in [2.45, 2.75) is 13.5 Å². The Kier molecular flexibility index (Phi) is 6.61. The molecule has 0 amide bonds. The molecule has 0 saturated carbocycles. The summed E-state index contributed by atoms with van der Waals surface area (Å²) in [4.78, 5) is 4.55. The van der Waals surface area contributed by atoms with Crippen LogP contribution in [0.15, 0.2) is 52.2 Å². The molecule has 0 unspecified atom stereocenters. The number of rotatable bonds is 7. The van der Waals surface area contributed by atoms with Crippen molar-refractivity contribution in [3.63, 3.8) is 0 Å². The van der Waals surface area contributed by atoms with Gasteiger partial charge in [-0.1, -0.05) is 18.2 Å². The van der Waals surface area contributed by atoms with Gasteiger partial charge in [0.05, 0.1) is 13.1 Å². The number of nitrogens with one attached hydrogen (secondary N) is 2. The van der Waals surface area contributed by atoms with Gasteiger partial charge in [-0.15, -0.1) is 0 Å². The van der Waals surface area contributed by atoms with Gasteiger partial charge in [0.2, 0.25) is 0 Å². The van der Waals surface area contributed by atoms with Crippen LogP contribution in [-0.2, 0) is 6.54 Å². The molecule has 0 aliphatic rings. The summed E-state index contributed by atoms with van der Waals surface area (Å²) >= 11 is 1.69. The van der Waals surface area contributed by atoms with Crippen molar-refractivity contribution in [1.29, 1.82) is 0 Å². The van der Waals surface area contributed by atoms with Gasteiger partial charge in [0.15, 0.2) is 5.96 Å². The van der Waals surface area contributed by atoms with Crippen molar-refractivity contribution < 1.29 is 4.74 Å². The molecule has 5 heteroatoms. The second-order valence-electron chi connectivity index (χ2n) is 4.42. The molecule has 112 valence electrons. The van der Waals surface area contributed by atoms with Crippen molar-refractivity contribution >= 4 is 17.3 Å². The van der Waals surface area contributed by atoms with Crippen molar-refractivity contribution in [2.24, 2.45) is 4.99 Å². The Morgan fingerprint density at radius 3 is 2.76 bits per heavy atom. The highest BCUT2D eigenvalue weighted by Gasteiger charge is 1.98. The maximum atomic E-state index is 5.64. The van der Waals surface area contributed by atoms with E-state index >= 15 is 0 Å². The lowest BCUT2D eigenvalue weighted by Gasteiger charge is -2.11. The molecule has 0 radical (unpaired) electrons. The SMILES string of the molecule is CCNC(=NCc1ccsc1)NCCOc1ccccc1. The Hall–Kier alpha value is -2.01. The molecule has 0 spiro atoms. The fraction of sp³-hybridized carbons (Fsp3) is 0.312. The molecule has 1 aromatic heterocycles. The summed E-state index contributed by atoms with van der Waals surface area (Å²) in [5, 5.41) is 10.7. The second kappa shape index (κ2) is 9.02. The summed E-state index contributed by atoms with van der Waals surface area (Å²) in [7, 11) is 0. The minimum atomic E-state index is 0.604. The Labute approximate surface area is 129 Å². The molecule has 0 fully saturated rings. The third-order valence-electron chi connectivity index (χ3n) is 2.75. The first-order valence-corrected chi connectivity index (χ1v) is 8.04. The number of hydrogen-bond acceptors (Lipinski definition) is 3. The summed E-state index contributed by atoms with van der Waals surface area (Å²) in [5.74, 6) is 1.71. The number of thiophene rings is 1. The van der Waals surface area contributed by atoms with E-state index in [0.717, 1.165) is 18.3 Å². The third-order valence-corrected chi connectivity index (χ3v) is 3.48. The molecule has 2 rings (SSSR count). The highest BCUT2D eigenvalue weighted by molar-refractivity contribution is 7.07. The van der Waals surface area contributed by atoms with Gasteiger partial charge in [-0.2, -0.15) is 11.3 Å². The van der Waals surface area contributed by atoms with Crippen LogP contribution in [0.25, 0.3) is 0 Å². The lowest BCUT2D eigenvalue weighted by molar-refractivity contribution is 0.322. The van der Waals surface area contributed by atoms with E-state index in [1.54, 1.807) is 11.3 Å². The van der Waals surface area contributed by atoms with Crippen LogP contribution in [0, 0.1) is 0 Å². The van der Waals surface area contributed by atoms with E-state index in [1.807, 2.05) is 30.3 Å². The van der Waals surface area contributed by atoms with Gasteiger partial charge >= 0.3 is 0 Å². The van der Waals surface area contributed by atoms with Gasteiger partial charge in [0, 0.05) is 6.54 Å². The number of hydrogen-bond donors (Lipinski definition) is 2. The number of aliphatic imine (C=N–C) groups is 1. The molecule has 1 heterocycles. The molecule has 0 aliphatic carbocycles. The van der Waals surface area contributed by atoms with Crippen LogP contribution in [-0.4, -0.2) is 25.7 Å². The smallest absolute Gasteiger partial charge is 0.191 e. The van der Waals surface area contributed by atoms with Gasteiger partial charge < -0.3 is 15.4 Å². The van der Waals surface area contributed by atoms with Crippen LogP contribution in [0.4, 0.5) is 0 Å². The first-order valence-electron chi connectivity index (χ1n) is 7.09. The molecule has 1 aromatic carbocycles. The van der Waals surface area contributed by atoms with Gasteiger partial charge in [0.25, 0.3) is 0 Å². The zero-order chi connectivity index (χ0) is 14.8. The zero-order valence-electron chi connectivity index (χ0n) is 12.2. The lowest BCUT2D eigenvalue weighted by atomic mass is 10.3. The molecule has 2 N–H and O–H groups in total. The first kappa shape index (κ1) is 15.4. The molecule has 0 atom stereocenters. The molecule has 2 aromatic rings. The van der Waals surface area contributed by atoms with Gasteiger partial charge in [-0.05, 0) is 41.4 Å². The van der Waals surface area contributed by atoms with Crippen molar-refractivity contribution in [3.8, 4) is 5.75 Å². The summed E-state index contributed by atoms with van der Waals surface area (Å²) in [6.45, 7) is 4.91. The molecule has 4 nitrogen and oxygen atoms in total. The fourth-order valence-electron chi connectivity index (χ4n) is 1.75. The topological polar surface area (TPSA) is 45.7 Å². The van der Waals surface area contributed by atoms with Gasteiger partial charge in [-0.25, -0.2) is 4.99 Å². The van der Waals surface area contributed by atoms with Crippen molar-refractivity contribution in [1.82, 2.24) is 10.6 Å². The van der Waals surface area contributed by atoms with Crippen LogP contribution in [0.1, 0.15) is 12.5 Å². The van der Waals surface area contributed by atoms with E-state index in [-0.39, 0.29) is 0 Å². The highest BCUT2D eigenvalue weighted by Crippen LogP contribution is 2.08. The molecule has 0 aliphatic heterocycles. The second-order valence-corrected chi connectivity index (χ2v) is 5.20. The Morgan fingerprint density at radius 2 is 2.05 bits per heavy atom. The average Bonchev–Trinajstić information content (AvgIpc) is 3.03. The van der Waals surface area contributed by atoms with Crippen LogP contribution >= 0.6 is 11.3 Å². The van der Waals surface area contributed by atoms with Crippen LogP contribution < -0.4 is 15.4 Å². The normalized spacial score (nSPS) is 11.2. The van der Waals surface area contributed by atoms with Crippen LogP contribution in [0.2, 0.25) is 0 Å². The monoisotopic (exact) mass is 303 g/mol. The van der Waals surface area contributed by atoms with Gasteiger partial charge in [0.1, 0.15) is 12.4 Å². The van der Waals surface area contributed by atoms with E-state index in [2.05, 4.69) is 39.4 Å². The predicted octanol–water partition coefficient (Wildman–Crippen LogP) is 2.88. The third kappa shape index (κ3) is 5.87. The molecule has 21 heavy (non-hydrogen) atoms. The van der Waals surface area contributed by atoms with E-state index in [1.165, 1.54) is 5.56 Å². The summed E-state index contributed by atoms with van der Waals surface area (Å²) in [6, 6.07) is 11.9. The van der Waals surface area contributed by atoms with E-state index in [4.69, 9.17) is 4.74 Å². The molecule has 0 saturated heterocycles. The largest absolute Gasteiger partial charge is 0.492 e. The molecule has 0 bridgehead atoms.